The van der Waals surface area contributed by atoms with Gasteiger partial charge in [0.1, 0.15) is 24.3 Å². The van der Waals surface area contributed by atoms with Crippen molar-refractivity contribution < 1.29 is 4.79 Å². The number of hydrogen-bond acceptors (Lipinski definition) is 5. The monoisotopic (exact) mass is 398 g/mol. The Morgan fingerprint density at radius 3 is 2.76 bits per heavy atom. The third-order valence-corrected chi connectivity index (χ3v) is 4.81. The lowest BCUT2D eigenvalue weighted by atomic mass is 9.99. The molecule has 1 aliphatic heterocycles. The van der Waals surface area contributed by atoms with E-state index < -0.39 is 0 Å². The molecule has 0 bridgehead atoms. The number of aromatic nitrogens is 4. The minimum absolute atomic E-state index is 0.0204. The number of para-hydroxylation sites is 1. The summed E-state index contributed by atoms with van der Waals surface area (Å²) in [5, 5.41) is 2.96. The van der Waals surface area contributed by atoms with Crippen molar-refractivity contribution in [2.75, 3.05) is 23.3 Å². The molecule has 0 aliphatic carbocycles. The average molecular weight is 399 g/mol. The molecule has 0 atom stereocenters. The Morgan fingerprint density at radius 1 is 1.20 bits per heavy atom. The van der Waals surface area contributed by atoms with E-state index >= 15 is 0 Å². The van der Waals surface area contributed by atoms with Gasteiger partial charge >= 0.3 is 0 Å². The number of halogens is 1. The molecule has 7 nitrogen and oxygen atoms in total. The zero-order valence-electron chi connectivity index (χ0n) is 13.2. The molecule has 2 aromatic heterocycles. The number of nitrogens with one attached hydrogen (secondary N) is 1. The number of hydrogen-bond donors (Lipinski definition) is 1. The van der Waals surface area contributed by atoms with Crippen LogP contribution in [0.1, 0.15) is 0 Å². The molecule has 0 radical (unpaired) electrons. The second-order valence-electron chi connectivity index (χ2n) is 5.78. The number of carbonyl (C=O) groups is 1. The summed E-state index contributed by atoms with van der Waals surface area (Å²) in [6.45, 7) is 1.27. The number of amides is 1. The van der Waals surface area contributed by atoms with Crippen LogP contribution in [0.2, 0.25) is 0 Å². The molecule has 1 saturated heterocycles. The van der Waals surface area contributed by atoms with Crippen molar-refractivity contribution in [1.82, 2.24) is 19.5 Å². The van der Waals surface area contributed by atoms with Crippen molar-refractivity contribution in [3.05, 3.63) is 59.9 Å². The van der Waals surface area contributed by atoms with E-state index in [4.69, 9.17) is 0 Å². The van der Waals surface area contributed by atoms with Gasteiger partial charge in [0.05, 0.1) is 11.6 Å². The van der Waals surface area contributed by atoms with Gasteiger partial charge in [-0.2, -0.15) is 0 Å². The van der Waals surface area contributed by atoms with Crippen molar-refractivity contribution in [1.29, 1.82) is 0 Å². The van der Waals surface area contributed by atoms with E-state index in [2.05, 4.69) is 41.1 Å². The summed E-state index contributed by atoms with van der Waals surface area (Å²) >= 11 is 3.44. The summed E-state index contributed by atoms with van der Waals surface area (Å²) in [7, 11) is 0. The molecule has 3 aromatic rings. The van der Waals surface area contributed by atoms with E-state index in [1.54, 1.807) is 12.5 Å². The number of imidazole rings is 1. The van der Waals surface area contributed by atoms with Gasteiger partial charge in [-0.3, -0.25) is 9.36 Å². The van der Waals surface area contributed by atoms with Gasteiger partial charge < -0.3 is 10.2 Å². The highest BCUT2D eigenvalue weighted by atomic mass is 79.9. The quantitative estimate of drug-likeness (QED) is 0.730. The van der Waals surface area contributed by atoms with Crippen LogP contribution in [-0.4, -0.2) is 38.5 Å². The fourth-order valence-corrected chi connectivity index (χ4v) is 3.06. The molecule has 8 heteroatoms. The molecule has 4 rings (SSSR count). The first kappa shape index (κ1) is 15.8. The van der Waals surface area contributed by atoms with Gasteiger partial charge in [0.15, 0.2) is 0 Å². The van der Waals surface area contributed by atoms with E-state index in [9.17, 15) is 4.79 Å². The molecule has 3 heterocycles. The first-order chi connectivity index (χ1) is 12.2. The Balaban J connectivity index is 1.40. The molecule has 1 N–H and O–H groups in total. The highest BCUT2D eigenvalue weighted by Gasteiger charge is 2.33. The first-order valence-corrected chi connectivity index (χ1v) is 8.61. The number of nitrogens with zero attached hydrogens (tertiary/aromatic N) is 5. The zero-order chi connectivity index (χ0) is 17.2. The van der Waals surface area contributed by atoms with Gasteiger partial charge in [0.25, 0.3) is 0 Å². The molecule has 25 heavy (non-hydrogen) atoms. The van der Waals surface area contributed by atoms with E-state index in [1.165, 1.54) is 6.33 Å². The maximum absolute atomic E-state index is 12.4. The molecule has 1 fully saturated rings. The van der Waals surface area contributed by atoms with Crippen LogP contribution in [0.15, 0.2) is 59.9 Å². The molecule has 1 aromatic carbocycles. The molecule has 0 saturated carbocycles. The highest BCUT2D eigenvalue weighted by molar-refractivity contribution is 9.10. The lowest BCUT2D eigenvalue weighted by molar-refractivity contribution is -0.120. The summed E-state index contributed by atoms with van der Waals surface area (Å²) < 4.78 is 2.70. The fourth-order valence-electron chi connectivity index (χ4n) is 2.67. The Kier molecular flexibility index (Phi) is 4.19. The summed E-state index contributed by atoms with van der Waals surface area (Å²) in [4.78, 5) is 27.0. The minimum atomic E-state index is -0.0567. The third kappa shape index (κ3) is 3.25. The Labute approximate surface area is 152 Å². The van der Waals surface area contributed by atoms with Crippen LogP contribution in [0, 0.1) is 5.92 Å². The molecule has 1 aliphatic rings. The minimum Gasteiger partial charge on any atom is -0.355 e. The lowest BCUT2D eigenvalue weighted by Gasteiger charge is -2.39. The lowest BCUT2D eigenvalue weighted by Crippen LogP contribution is -2.52. The summed E-state index contributed by atoms with van der Waals surface area (Å²) in [6, 6.07) is 9.48. The van der Waals surface area contributed by atoms with Crippen molar-refractivity contribution in [2.24, 2.45) is 5.92 Å². The number of benzene rings is 1. The number of anilines is 2. The van der Waals surface area contributed by atoms with Crippen LogP contribution < -0.4 is 10.2 Å². The smallest absolute Gasteiger partial charge is 0.231 e. The fraction of sp³-hybridized carbons (Fsp3) is 0.176. The average Bonchev–Trinajstić information content (AvgIpc) is 3.10. The van der Waals surface area contributed by atoms with Crippen molar-refractivity contribution in [3.63, 3.8) is 0 Å². The zero-order valence-corrected chi connectivity index (χ0v) is 14.8. The van der Waals surface area contributed by atoms with Gasteiger partial charge in [-0.1, -0.05) is 12.1 Å². The van der Waals surface area contributed by atoms with E-state index in [0.29, 0.717) is 13.1 Å². The van der Waals surface area contributed by atoms with Crippen LogP contribution in [-0.2, 0) is 4.79 Å². The molecule has 0 unspecified atom stereocenters. The van der Waals surface area contributed by atoms with E-state index in [-0.39, 0.29) is 11.8 Å². The summed E-state index contributed by atoms with van der Waals surface area (Å²) in [5.74, 6) is 1.53. The molecular formula is C17H15BrN6O. The molecule has 1 amide bonds. The van der Waals surface area contributed by atoms with Crippen molar-refractivity contribution in [3.8, 4) is 5.82 Å². The number of carbonyl (C=O) groups excluding carboxylic acids is 1. The van der Waals surface area contributed by atoms with Crippen LogP contribution in [0.3, 0.4) is 0 Å². The second-order valence-corrected chi connectivity index (χ2v) is 6.63. The standard InChI is InChI=1S/C17H15BrN6O/c18-13-3-1-2-4-14(13)22-17(25)12-8-24(9-12)16-7-15(20-10-21-16)23-6-5-19-11-23/h1-7,10-12H,8-9H2,(H,22,25). The van der Waals surface area contributed by atoms with Crippen LogP contribution in [0.4, 0.5) is 11.5 Å². The normalized spacial score (nSPS) is 14.2. The maximum atomic E-state index is 12.4. The number of rotatable bonds is 4. The maximum Gasteiger partial charge on any atom is 0.231 e. The van der Waals surface area contributed by atoms with Crippen LogP contribution in [0.25, 0.3) is 5.82 Å². The van der Waals surface area contributed by atoms with Gasteiger partial charge in [-0.05, 0) is 28.1 Å². The molecule has 0 spiro atoms. The van der Waals surface area contributed by atoms with E-state index in [0.717, 1.165) is 21.8 Å². The van der Waals surface area contributed by atoms with E-state index in [1.807, 2.05) is 41.1 Å². The van der Waals surface area contributed by atoms with Crippen LogP contribution in [0.5, 0.6) is 0 Å². The largest absolute Gasteiger partial charge is 0.355 e. The predicted molar refractivity (Wildman–Crippen MR) is 97.6 cm³/mol. The highest BCUT2D eigenvalue weighted by Crippen LogP contribution is 2.26. The predicted octanol–water partition coefficient (Wildman–Crippen LogP) is 2.50. The molecule has 126 valence electrons. The van der Waals surface area contributed by atoms with Crippen molar-refractivity contribution >= 4 is 33.3 Å². The van der Waals surface area contributed by atoms with Crippen molar-refractivity contribution in [2.45, 2.75) is 0 Å². The Morgan fingerprint density at radius 2 is 2.00 bits per heavy atom. The first-order valence-electron chi connectivity index (χ1n) is 7.81. The van der Waals surface area contributed by atoms with Gasteiger partial charge in [-0.15, -0.1) is 0 Å². The third-order valence-electron chi connectivity index (χ3n) is 4.12. The summed E-state index contributed by atoms with van der Waals surface area (Å²) in [6.07, 6.45) is 6.75. The van der Waals surface area contributed by atoms with Crippen LogP contribution >= 0.6 is 15.9 Å². The Hall–Kier alpha value is -2.74. The molecular weight excluding hydrogens is 384 g/mol. The Bertz CT molecular complexity index is 892. The van der Waals surface area contributed by atoms with Gasteiger partial charge in [0.2, 0.25) is 5.91 Å². The SMILES string of the molecule is O=C(Nc1ccccc1Br)C1CN(c2cc(-n3ccnc3)ncn2)C1. The topological polar surface area (TPSA) is 75.9 Å². The summed E-state index contributed by atoms with van der Waals surface area (Å²) in [5.41, 5.74) is 0.787. The second kappa shape index (κ2) is 6.64. The van der Waals surface area contributed by atoms with Gasteiger partial charge in [0, 0.05) is 36.0 Å². The van der Waals surface area contributed by atoms with Gasteiger partial charge in [-0.25, -0.2) is 15.0 Å².